The predicted molar refractivity (Wildman–Crippen MR) is 97.4 cm³/mol. The van der Waals surface area contributed by atoms with Gasteiger partial charge in [-0.3, -0.25) is 0 Å². The standard InChI is InChI=1S/C21H25NO4/c1-23-21-17(22-13-15-8-4-2-5-9-15)12-18-19(26-21)14-24-20(25-18)16-10-6-3-7-11-16/h2-11,17-22H,12-14H2,1H3/t17-,18+,19-,20?,21-/m1/s1. The largest absolute Gasteiger partial charge is 0.354 e. The fraction of sp³-hybridized carbons (Fsp3) is 0.429. The third kappa shape index (κ3) is 3.98. The Hall–Kier alpha value is -1.76. The molecule has 26 heavy (non-hydrogen) atoms. The van der Waals surface area contributed by atoms with E-state index in [1.807, 2.05) is 48.5 Å². The molecule has 0 saturated carbocycles. The second-order valence-corrected chi connectivity index (χ2v) is 6.74. The fourth-order valence-corrected chi connectivity index (χ4v) is 3.57. The average Bonchev–Trinajstić information content (AvgIpc) is 2.72. The number of methoxy groups -OCH3 is 1. The minimum absolute atomic E-state index is 0.0198. The van der Waals surface area contributed by atoms with Crippen molar-refractivity contribution in [2.75, 3.05) is 13.7 Å². The summed E-state index contributed by atoms with van der Waals surface area (Å²) in [5.74, 6) is 0. The van der Waals surface area contributed by atoms with E-state index in [4.69, 9.17) is 18.9 Å². The van der Waals surface area contributed by atoms with E-state index in [2.05, 4.69) is 17.4 Å². The maximum absolute atomic E-state index is 6.21. The van der Waals surface area contributed by atoms with Gasteiger partial charge >= 0.3 is 0 Å². The Morgan fingerprint density at radius 1 is 0.962 bits per heavy atom. The summed E-state index contributed by atoms with van der Waals surface area (Å²) in [7, 11) is 1.68. The monoisotopic (exact) mass is 355 g/mol. The average molecular weight is 355 g/mol. The molecule has 2 aliphatic heterocycles. The van der Waals surface area contributed by atoms with Crippen LogP contribution in [0.15, 0.2) is 60.7 Å². The van der Waals surface area contributed by atoms with Crippen LogP contribution in [0.3, 0.4) is 0 Å². The molecular formula is C21H25NO4. The van der Waals surface area contributed by atoms with Crippen LogP contribution >= 0.6 is 0 Å². The molecule has 1 N–H and O–H groups in total. The lowest BCUT2D eigenvalue weighted by atomic mass is 9.99. The van der Waals surface area contributed by atoms with E-state index in [1.54, 1.807) is 7.11 Å². The third-order valence-corrected chi connectivity index (χ3v) is 4.96. The SMILES string of the molecule is CO[C@@H]1O[C@@H]2COC(c3ccccc3)O[C@H]2C[C@H]1NCc1ccccc1. The molecule has 5 heteroatoms. The van der Waals surface area contributed by atoms with Crippen LogP contribution in [-0.4, -0.2) is 38.3 Å². The molecule has 1 unspecified atom stereocenters. The van der Waals surface area contributed by atoms with Gasteiger partial charge in [0.05, 0.1) is 18.8 Å². The van der Waals surface area contributed by atoms with Crippen molar-refractivity contribution >= 4 is 0 Å². The van der Waals surface area contributed by atoms with Crippen molar-refractivity contribution in [2.45, 2.75) is 43.8 Å². The predicted octanol–water partition coefficient (Wildman–Crippen LogP) is 3.02. The third-order valence-electron chi connectivity index (χ3n) is 4.96. The molecule has 5 atom stereocenters. The summed E-state index contributed by atoms with van der Waals surface area (Å²) in [6.45, 7) is 1.28. The summed E-state index contributed by atoms with van der Waals surface area (Å²) in [4.78, 5) is 0. The second kappa shape index (κ2) is 8.29. The molecule has 2 saturated heterocycles. The smallest absolute Gasteiger partial charge is 0.184 e. The van der Waals surface area contributed by atoms with Crippen LogP contribution in [0.4, 0.5) is 0 Å². The molecule has 0 spiro atoms. The van der Waals surface area contributed by atoms with Crippen molar-refractivity contribution in [1.82, 2.24) is 5.32 Å². The minimum Gasteiger partial charge on any atom is -0.354 e. The lowest BCUT2D eigenvalue weighted by molar-refractivity contribution is -0.319. The highest BCUT2D eigenvalue weighted by Crippen LogP contribution is 2.33. The van der Waals surface area contributed by atoms with Crippen LogP contribution in [0, 0.1) is 0 Å². The van der Waals surface area contributed by atoms with E-state index in [0.717, 1.165) is 18.5 Å². The lowest BCUT2D eigenvalue weighted by Crippen LogP contribution is -2.57. The Labute approximate surface area is 154 Å². The van der Waals surface area contributed by atoms with Gasteiger partial charge in [0.1, 0.15) is 6.10 Å². The van der Waals surface area contributed by atoms with Gasteiger partial charge in [0.15, 0.2) is 12.6 Å². The Bertz CT molecular complexity index is 677. The number of hydrogen-bond acceptors (Lipinski definition) is 5. The highest BCUT2D eigenvalue weighted by molar-refractivity contribution is 5.17. The number of benzene rings is 2. The zero-order chi connectivity index (χ0) is 17.8. The maximum atomic E-state index is 6.21. The molecule has 0 bridgehead atoms. The first-order valence-corrected chi connectivity index (χ1v) is 9.11. The number of hydrogen-bond donors (Lipinski definition) is 1. The molecular weight excluding hydrogens is 330 g/mol. The van der Waals surface area contributed by atoms with Gasteiger partial charge in [-0.2, -0.15) is 0 Å². The number of ether oxygens (including phenoxy) is 4. The molecule has 0 aromatic heterocycles. The van der Waals surface area contributed by atoms with E-state index in [0.29, 0.717) is 6.61 Å². The van der Waals surface area contributed by atoms with Crippen LogP contribution < -0.4 is 5.32 Å². The first kappa shape index (κ1) is 17.6. The summed E-state index contributed by atoms with van der Waals surface area (Å²) in [6.07, 6.45) is 0.0570. The van der Waals surface area contributed by atoms with Crippen LogP contribution in [0.1, 0.15) is 23.8 Å². The van der Waals surface area contributed by atoms with Gasteiger partial charge in [0.25, 0.3) is 0 Å². The molecule has 0 radical (unpaired) electrons. The van der Waals surface area contributed by atoms with Gasteiger partial charge in [0.2, 0.25) is 0 Å². The summed E-state index contributed by atoms with van der Waals surface area (Å²) >= 11 is 0. The van der Waals surface area contributed by atoms with Gasteiger partial charge in [-0.05, 0) is 12.0 Å². The van der Waals surface area contributed by atoms with Gasteiger partial charge < -0.3 is 24.3 Å². The van der Waals surface area contributed by atoms with Crippen molar-refractivity contribution in [3.05, 3.63) is 71.8 Å². The van der Waals surface area contributed by atoms with E-state index < -0.39 is 0 Å². The van der Waals surface area contributed by atoms with Crippen LogP contribution in [0.2, 0.25) is 0 Å². The molecule has 138 valence electrons. The number of rotatable bonds is 5. The van der Waals surface area contributed by atoms with E-state index in [1.165, 1.54) is 5.56 Å². The molecule has 2 aromatic rings. The normalized spacial score (nSPS) is 31.3. The number of fused-ring (bicyclic) bond motifs is 1. The first-order valence-electron chi connectivity index (χ1n) is 9.11. The molecule has 2 heterocycles. The van der Waals surface area contributed by atoms with Crippen molar-refractivity contribution in [3.63, 3.8) is 0 Å². The Morgan fingerprint density at radius 3 is 2.42 bits per heavy atom. The topological polar surface area (TPSA) is 49.0 Å². The van der Waals surface area contributed by atoms with Crippen LogP contribution in [0.5, 0.6) is 0 Å². The molecule has 2 fully saturated rings. The molecule has 0 aliphatic carbocycles. The Kier molecular flexibility index (Phi) is 5.62. The molecule has 0 amide bonds. The van der Waals surface area contributed by atoms with Gasteiger partial charge in [-0.15, -0.1) is 0 Å². The fourth-order valence-electron chi connectivity index (χ4n) is 3.57. The van der Waals surface area contributed by atoms with Crippen molar-refractivity contribution < 1.29 is 18.9 Å². The maximum Gasteiger partial charge on any atom is 0.184 e. The van der Waals surface area contributed by atoms with Crippen molar-refractivity contribution in [3.8, 4) is 0 Å². The zero-order valence-corrected chi connectivity index (χ0v) is 14.9. The highest BCUT2D eigenvalue weighted by Gasteiger charge is 2.43. The van der Waals surface area contributed by atoms with E-state index in [-0.39, 0.29) is 30.8 Å². The second-order valence-electron chi connectivity index (χ2n) is 6.74. The highest BCUT2D eigenvalue weighted by atomic mass is 16.7. The molecule has 4 rings (SSSR count). The van der Waals surface area contributed by atoms with Crippen LogP contribution in [0.25, 0.3) is 0 Å². The Balaban J connectivity index is 1.40. The summed E-state index contributed by atoms with van der Waals surface area (Å²) in [5, 5.41) is 3.56. The number of nitrogens with one attached hydrogen (secondary N) is 1. The van der Waals surface area contributed by atoms with Gasteiger partial charge in [-0.25, -0.2) is 0 Å². The van der Waals surface area contributed by atoms with Crippen molar-refractivity contribution in [1.29, 1.82) is 0 Å². The van der Waals surface area contributed by atoms with Gasteiger partial charge in [0, 0.05) is 19.2 Å². The molecule has 2 aliphatic rings. The minimum atomic E-state index is -0.338. The molecule has 5 nitrogen and oxygen atoms in total. The van der Waals surface area contributed by atoms with E-state index in [9.17, 15) is 0 Å². The van der Waals surface area contributed by atoms with Gasteiger partial charge in [-0.1, -0.05) is 60.7 Å². The van der Waals surface area contributed by atoms with E-state index >= 15 is 0 Å². The molecule has 2 aromatic carbocycles. The quantitative estimate of drug-likeness (QED) is 0.893. The summed E-state index contributed by atoms with van der Waals surface area (Å²) in [6, 6.07) is 20.4. The van der Waals surface area contributed by atoms with Crippen LogP contribution in [-0.2, 0) is 25.5 Å². The van der Waals surface area contributed by atoms with Crippen molar-refractivity contribution in [2.24, 2.45) is 0 Å². The lowest BCUT2D eigenvalue weighted by Gasteiger charge is -2.45. The summed E-state index contributed by atoms with van der Waals surface area (Å²) in [5.41, 5.74) is 2.27. The Morgan fingerprint density at radius 2 is 1.69 bits per heavy atom. The first-order chi connectivity index (χ1) is 12.8. The zero-order valence-electron chi connectivity index (χ0n) is 14.9. The summed E-state index contributed by atoms with van der Waals surface area (Å²) < 4.78 is 23.7.